The SMILES string of the molecule is Cc1cc([N+](=O)[O-])ccc1Oc1ccc2c(c1)CC=C2. The Hall–Kier alpha value is -2.62. The van der Waals surface area contributed by atoms with E-state index >= 15 is 0 Å². The zero-order chi connectivity index (χ0) is 14.1. The second-order valence-electron chi connectivity index (χ2n) is 4.78. The number of hydrogen-bond donors (Lipinski definition) is 0. The molecule has 4 heteroatoms. The Morgan fingerprint density at radius 2 is 2.05 bits per heavy atom. The molecule has 100 valence electrons. The molecule has 0 atom stereocenters. The van der Waals surface area contributed by atoms with Crippen LogP contribution in [0, 0.1) is 17.0 Å². The van der Waals surface area contributed by atoms with E-state index in [1.165, 1.54) is 23.3 Å². The number of non-ortho nitro benzene ring substituents is 1. The van der Waals surface area contributed by atoms with Gasteiger partial charge in [0.15, 0.2) is 0 Å². The Labute approximate surface area is 116 Å². The van der Waals surface area contributed by atoms with Gasteiger partial charge in [0, 0.05) is 12.1 Å². The maximum absolute atomic E-state index is 10.7. The van der Waals surface area contributed by atoms with E-state index in [9.17, 15) is 10.1 Å². The van der Waals surface area contributed by atoms with Gasteiger partial charge in [0.1, 0.15) is 11.5 Å². The summed E-state index contributed by atoms with van der Waals surface area (Å²) >= 11 is 0. The topological polar surface area (TPSA) is 52.4 Å². The first-order chi connectivity index (χ1) is 9.63. The van der Waals surface area contributed by atoms with Crippen molar-refractivity contribution in [2.24, 2.45) is 0 Å². The quantitative estimate of drug-likeness (QED) is 0.616. The Kier molecular flexibility index (Phi) is 2.99. The first-order valence-corrected chi connectivity index (χ1v) is 6.36. The van der Waals surface area contributed by atoms with Crippen LogP contribution in [0.2, 0.25) is 0 Å². The van der Waals surface area contributed by atoms with E-state index in [0.717, 1.165) is 17.7 Å². The summed E-state index contributed by atoms with van der Waals surface area (Å²) < 4.78 is 5.82. The highest BCUT2D eigenvalue weighted by Gasteiger charge is 2.11. The summed E-state index contributed by atoms with van der Waals surface area (Å²) in [7, 11) is 0. The first-order valence-electron chi connectivity index (χ1n) is 6.36. The second kappa shape index (κ2) is 4.81. The van der Waals surface area contributed by atoms with Gasteiger partial charge in [0.25, 0.3) is 5.69 Å². The number of allylic oxidation sites excluding steroid dienone is 1. The van der Waals surface area contributed by atoms with Crippen LogP contribution in [0.1, 0.15) is 16.7 Å². The number of nitrogens with zero attached hydrogens (tertiary/aromatic N) is 1. The summed E-state index contributed by atoms with van der Waals surface area (Å²) in [5.74, 6) is 1.39. The van der Waals surface area contributed by atoms with Crippen molar-refractivity contribution < 1.29 is 9.66 Å². The number of hydrogen-bond acceptors (Lipinski definition) is 3. The molecular weight excluding hydrogens is 254 g/mol. The molecule has 0 saturated carbocycles. The van der Waals surface area contributed by atoms with Crippen molar-refractivity contribution >= 4 is 11.8 Å². The number of ether oxygens (including phenoxy) is 1. The van der Waals surface area contributed by atoms with Crippen LogP contribution in [-0.4, -0.2) is 4.92 Å². The van der Waals surface area contributed by atoms with Gasteiger partial charge in [-0.2, -0.15) is 0 Å². The zero-order valence-corrected chi connectivity index (χ0v) is 11.0. The minimum absolute atomic E-state index is 0.0769. The number of aryl methyl sites for hydroxylation is 1. The predicted molar refractivity (Wildman–Crippen MR) is 77.1 cm³/mol. The predicted octanol–water partition coefficient (Wildman–Crippen LogP) is 4.26. The highest BCUT2D eigenvalue weighted by Crippen LogP contribution is 2.30. The summed E-state index contributed by atoms with van der Waals surface area (Å²) in [4.78, 5) is 10.3. The lowest BCUT2D eigenvalue weighted by Crippen LogP contribution is -1.92. The van der Waals surface area contributed by atoms with Gasteiger partial charge in [-0.05, 0) is 48.2 Å². The Bertz CT molecular complexity index is 720. The molecule has 0 aromatic heterocycles. The minimum atomic E-state index is -0.405. The van der Waals surface area contributed by atoms with Crippen molar-refractivity contribution in [1.82, 2.24) is 0 Å². The third kappa shape index (κ3) is 2.28. The standard InChI is InChI=1S/C16H13NO3/c1-11-9-14(17(18)19)6-8-16(11)20-15-7-5-12-3-2-4-13(12)10-15/h2-3,5-10H,4H2,1H3. The summed E-state index contributed by atoms with van der Waals surface area (Å²) in [6, 6.07) is 10.6. The normalized spacial score (nSPS) is 12.2. The second-order valence-corrected chi connectivity index (χ2v) is 4.78. The van der Waals surface area contributed by atoms with Crippen LogP contribution in [-0.2, 0) is 6.42 Å². The monoisotopic (exact) mass is 267 g/mol. The summed E-state index contributed by atoms with van der Waals surface area (Å²) in [5.41, 5.74) is 3.28. The smallest absolute Gasteiger partial charge is 0.269 e. The molecule has 0 spiro atoms. The molecular formula is C16H13NO3. The molecule has 1 aliphatic rings. The molecule has 0 aliphatic heterocycles. The number of fused-ring (bicyclic) bond motifs is 1. The van der Waals surface area contributed by atoms with Gasteiger partial charge in [-0.15, -0.1) is 0 Å². The Balaban J connectivity index is 1.86. The largest absolute Gasteiger partial charge is 0.457 e. The average Bonchev–Trinajstić information content (AvgIpc) is 2.88. The number of benzene rings is 2. The van der Waals surface area contributed by atoms with E-state index in [-0.39, 0.29) is 5.69 Å². The van der Waals surface area contributed by atoms with Crippen LogP contribution in [0.5, 0.6) is 11.5 Å². The van der Waals surface area contributed by atoms with Crippen LogP contribution in [0.3, 0.4) is 0 Å². The lowest BCUT2D eigenvalue weighted by molar-refractivity contribution is -0.384. The highest BCUT2D eigenvalue weighted by atomic mass is 16.6. The van der Waals surface area contributed by atoms with Gasteiger partial charge in [0.05, 0.1) is 4.92 Å². The first kappa shape index (κ1) is 12.4. The van der Waals surface area contributed by atoms with Gasteiger partial charge in [-0.1, -0.05) is 18.2 Å². The lowest BCUT2D eigenvalue weighted by Gasteiger charge is -2.10. The Morgan fingerprint density at radius 1 is 1.20 bits per heavy atom. The van der Waals surface area contributed by atoms with E-state index in [0.29, 0.717) is 5.75 Å². The molecule has 0 fully saturated rings. The van der Waals surface area contributed by atoms with E-state index in [1.807, 2.05) is 18.2 Å². The maximum atomic E-state index is 10.7. The van der Waals surface area contributed by atoms with Crippen LogP contribution in [0.25, 0.3) is 6.08 Å². The third-order valence-corrected chi connectivity index (χ3v) is 3.35. The summed E-state index contributed by atoms with van der Waals surface area (Å²) in [6.45, 7) is 1.80. The Morgan fingerprint density at radius 3 is 2.80 bits per heavy atom. The van der Waals surface area contributed by atoms with E-state index < -0.39 is 4.92 Å². The zero-order valence-electron chi connectivity index (χ0n) is 11.0. The molecule has 0 unspecified atom stereocenters. The van der Waals surface area contributed by atoms with Crippen LogP contribution in [0.15, 0.2) is 42.5 Å². The molecule has 0 saturated heterocycles. The molecule has 0 N–H and O–H groups in total. The van der Waals surface area contributed by atoms with Crippen molar-refractivity contribution in [3.63, 3.8) is 0 Å². The molecule has 0 amide bonds. The average molecular weight is 267 g/mol. The van der Waals surface area contributed by atoms with Gasteiger partial charge in [0.2, 0.25) is 0 Å². The van der Waals surface area contributed by atoms with Gasteiger partial charge in [-0.3, -0.25) is 10.1 Å². The van der Waals surface area contributed by atoms with Crippen molar-refractivity contribution in [2.45, 2.75) is 13.3 Å². The number of nitro benzene ring substituents is 1. The fraction of sp³-hybridized carbons (Fsp3) is 0.125. The van der Waals surface area contributed by atoms with Crippen LogP contribution in [0.4, 0.5) is 5.69 Å². The molecule has 20 heavy (non-hydrogen) atoms. The van der Waals surface area contributed by atoms with E-state index in [1.54, 1.807) is 13.0 Å². The lowest BCUT2D eigenvalue weighted by atomic mass is 10.1. The van der Waals surface area contributed by atoms with E-state index in [4.69, 9.17) is 4.74 Å². The fourth-order valence-corrected chi connectivity index (χ4v) is 2.29. The molecule has 4 nitrogen and oxygen atoms in total. The number of nitro groups is 1. The van der Waals surface area contributed by atoms with E-state index in [2.05, 4.69) is 12.2 Å². The van der Waals surface area contributed by atoms with Crippen molar-refractivity contribution in [2.75, 3.05) is 0 Å². The van der Waals surface area contributed by atoms with Crippen LogP contribution >= 0.6 is 0 Å². The fourth-order valence-electron chi connectivity index (χ4n) is 2.29. The molecule has 0 heterocycles. The van der Waals surface area contributed by atoms with Crippen molar-refractivity contribution in [3.05, 3.63) is 69.3 Å². The molecule has 2 aromatic rings. The minimum Gasteiger partial charge on any atom is -0.457 e. The number of rotatable bonds is 3. The van der Waals surface area contributed by atoms with Crippen molar-refractivity contribution in [1.29, 1.82) is 0 Å². The van der Waals surface area contributed by atoms with Gasteiger partial charge >= 0.3 is 0 Å². The molecule has 0 radical (unpaired) electrons. The molecule has 0 bridgehead atoms. The maximum Gasteiger partial charge on any atom is 0.269 e. The molecule has 2 aromatic carbocycles. The third-order valence-electron chi connectivity index (χ3n) is 3.35. The molecule has 3 rings (SSSR count). The summed E-state index contributed by atoms with van der Waals surface area (Å²) in [5, 5.41) is 10.7. The van der Waals surface area contributed by atoms with Crippen molar-refractivity contribution in [3.8, 4) is 11.5 Å². The highest BCUT2D eigenvalue weighted by molar-refractivity contribution is 5.61. The van der Waals surface area contributed by atoms with Gasteiger partial charge < -0.3 is 4.74 Å². The summed E-state index contributed by atoms with van der Waals surface area (Å²) in [6.07, 6.45) is 5.13. The van der Waals surface area contributed by atoms with Gasteiger partial charge in [-0.25, -0.2) is 0 Å². The molecule has 1 aliphatic carbocycles. The van der Waals surface area contributed by atoms with Crippen LogP contribution < -0.4 is 4.74 Å².